The van der Waals surface area contributed by atoms with Gasteiger partial charge in [-0.3, -0.25) is 9.55 Å². The van der Waals surface area contributed by atoms with Gasteiger partial charge in [-0.25, -0.2) is 0 Å². The summed E-state index contributed by atoms with van der Waals surface area (Å²) >= 11 is 8.06. The summed E-state index contributed by atoms with van der Waals surface area (Å²) in [5, 5.41) is 10.5. The lowest BCUT2D eigenvalue weighted by Gasteiger charge is -2.13. The van der Waals surface area contributed by atoms with Gasteiger partial charge < -0.3 is 0 Å². The maximum Gasteiger partial charge on any atom is 0.196 e. The summed E-state index contributed by atoms with van der Waals surface area (Å²) in [6.07, 6.45) is 5.84. The number of nitrogens with zero attached hydrogens (tertiary/aromatic N) is 4. The number of halogens is 1. The van der Waals surface area contributed by atoms with Crippen LogP contribution in [0.3, 0.4) is 0 Å². The summed E-state index contributed by atoms with van der Waals surface area (Å²) in [6.45, 7) is 4.21. The Morgan fingerprint density at radius 1 is 1.12 bits per heavy atom. The predicted molar refractivity (Wildman–Crippen MR) is 100.0 cm³/mol. The van der Waals surface area contributed by atoms with E-state index in [1.807, 2.05) is 31.2 Å². The highest BCUT2D eigenvalue weighted by atomic mass is 35.5. The van der Waals surface area contributed by atoms with Crippen molar-refractivity contribution in [3.05, 3.63) is 53.3 Å². The lowest BCUT2D eigenvalue weighted by atomic mass is 10.2. The fourth-order valence-corrected chi connectivity index (χ4v) is 3.61. The van der Waals surface area contributed by atoms with Crippen molar-refractivity contribution in [3.8, 4) is 17.1 Å². The van der Waals surface area contributed by atoms with Gasteiger partial charge in [0.15, 0.2) is 11.0 Å². The molecule has 0 spiro atoms. The second-order valence-corrected chi connectivity index (χ2v) is 6.93. The van der Waals surface area contributed by atoms with E-state index in [9.17, 15) is 0 Å². The Morgan fingerprint density at radius 2 is 1.92 bits per heavy atom. The maximum atomic E-state index is 6.34. The minimum Gasteiger partial charge on any atom is -0.270 e. The topological polar surface area (TPSA) is 43.6 Å². The zero-order valence-corrected chi connectivity index (χ0v) is 15.3. The normalized spacial score (nSPS) is 11.0. The molecule has 0 aliphatic rings. The van der Waals surface area contributed by atoms with Gasteiger partial charge in [0.1, 0.15) is 0 Å². The number of unbranched alkanes of at least 4 members (excludes halogenated alkanes) is 1. The molecule has 0 saturated carbocycles. The third-order valence-electron chi connectivity index (χ3n) is 3.78. The van der Waals surface area contributed by atoms with Crippen molar-refractivity contribution in [1.82, 2.24) is 19.7 Å². The van der Waals surface area contributed by atoms with E-state index in [-0.39, 0.29) is 0 Å². The Kier molecular flexibility index (Phi) is 5.53. The third kappa shape index (κ3) is 3.47. The lowest BCUT2D eigenvalue weighted by molar-refractivity contribution is 0.862. The largest absolute Gasteiger partial charge is 0.270 e. The minimum atomic E-state index is 0.742. The third-order valence-corrected chi connectivity index (χ3v) is 5.21. The summed E-state index contributed by atoms with van der Waals surface area (Å²) in [5.41, 5.74) is 3.02. The number of hydrogen-bond acceptors (Lipinski definition) is 4. The molecule has 0 aliphatic carbocycles. The number of hydrogen-bond donors (Lipinski definition) is 0. The molecular formula is C18H19ClN4S. The number of thioether (sulfide) groups is 1. The second-order valence-electron chi connectivity index (χ2n) is 5.46. The Morgan fingerprint density at radius 3 is 2.67 bits per heavy atom. The highest BCUT2D eigenvalue weighted by Crippen LogP contribution is 2.31. The van der Waals surface area contributed by atoms with Crippen LogP contribution in [0, 0.1) is 6.92 Å². The van der Waals surface area contributed by atoms with E-state index in [1.165, 1.54) is 0 Å². The van der Waals surface area contributed by atoms with Crippen LogP contribution in [0.1, 0.15) is 25.3 Å². The molecule has 6 heteroatoms. The van der Waals surface area contributed by atoms with Crippen LogP contribution in [-0.4, -0.2) is 25.5 Å². The Labute approximate surface area is 151 Å². The van der Waals surface area contributed by atoms with Crippen molar-refractivity contribution in [1.29, 1.82) is 0 Å². The van der Waals surface area contributed by atoms with Crippen LogP contribution in [0.5, 0.6) is 0 Å². The Bertz CT molecular complexity index is 817. The molecule has 0 N–H and O–H groups in total. The smallest absolute Gasteiger partial charge is 0.196 e. The van der Waals surface area contributed by atoms with Gasteiger partial charge in [-0.05, 0) is 43.2 Å². The Balaban J connectivity index is 2.12. The van der Waals surface area contributed by atoms with Crippen LogP contribution in [0.25, 0.3) is 17.1 Å². The molecular weight excluding hydrogens is 340 g/mol. The van der Waals surface area contributed by atoms with Crippen LogP contribution >= 0.6 is 23.4 Å². The average molecular weight is 359 g/mol. The fraction of sp³-hybridized carbons (Fsp3) is 0.278. The van der Waals surface area contributed by atoms with Gasteiger partial charge >= 0.3 is 0 Å². The molecule has 0 fully saturated rings. The van der Waals surface area contributed by atoms with Crippen LogP contribution in [0.15, 0.2) is 47.9 Å². The summed E-state index contributed by atoms with van der Waals surface area (Å²) < 4.78 is 2.09. The standard InChI is InChI=1S/C18H19ClN4S/c1-3-4-12-24-18-22-21-17(14-8-10-20-11-9-14)23(18)16-7-5-6-15(19)13(16)2/h5-11H,3-4,12H2,1-2H3. The van der Waals surface area contributed by atoms with Crippen LogP contribution in [-0.2, 0) is 0 Å². The zero-order chi connectivity index (χ0) is 16.9. The van der Waals surface area contributed by atoms with Crippen molar-refractivity contribution in [2.75, 3.05) is 5.75 Å². The summed E-state index contributed by atoms with van der Waals surface area (Å²) in [6, 6.07) is 9.81. The summed E-state index contributed by atoms with van der Waals surface area (Å²) in [5.74, 6) is 1.83. The van der Waals surface area contributed by atoms with Gasteiger partial charge in [0.2, 0.25) is 0 Å². The van der Waals surface area contributed by atoms with E-state index in [2.05, 4.69) is 32.7 Å². The van der Waals surface area contributed by atoms with Crippen molar-refractivity contribution in [2.45, 2.75) is 31.8 Å². The number of aromatic nitrogens is 4. The van der Waals surface area contributed by atoms with E-state index >= 15 is 0 Å². The van der Waals surface area contributed by atoms with Crippen molar-refractivity contribution >= 4 is 23.4 Å². The van der Waals surface area contributed by atoms with Crippen LogP contribution in [0.2, 0.25) is 5.02 Å². The molecule has 3 rings (SSSR count). The van der Waals surface area contributed by atoms with E-state index in [4.69, 9.17) is 11.6 Å². The number of rotatable bonds is 6. The second kappa shape index (κ2) is 7.81. The first-order chi connectivity index (χ1) is 11.7. The monoisotopic (exact) mass is 358 g/mol. The van der Waals surface area contributed by atoms with Gasteiger partial charge in [-0.15, -0.1) is 10.2 Å². The quantitative estimate of drug-likeness (QED) is 0.449. The molecule has 2 aromatic heterocycles. The van der Waals surface area contributed by atoms with E-state index in [0.717, 1.165) is 51.4 Å². The SMILES string of the molecule is CCCCSc1nnc(-c2ccncc2)n1-c1cccc(Cl)c1C. The number of benzene rings is 1. The summed E-state index contributed by atoms with van der Waals surface area (Å²) in [7, 11) is 0. The van der Waals surface area contributed by atoms with Crippen LogP contribution in [0.4, 0.5) is 0 Å². The predicted octanol–water partition coefficient (Wildman–Crippen LogP) is 5.18. The first-order valence-electron chi connectivity index (χ1n) is 7.96. The van der Waals surface area contributed by atoms with Gasteiger partial charge in [0, 0.05) is 28.7 Å². The first kappa shape index (κ1) is 17.0. The zero-order valence-electron chi connectivity index (χ0n) is 13.7. The highest BCUT2D eigenvalue weighted by molar-refractivity contribution is 7.99. The molecule has 2 heterocycles. The van der Waals surface area contributed by atoms with Crippen molar-refractivity contribution in [2.24, 2.45) is 0 Å². The van der Waals surface area contributed by atoms with E-state index in [0.29, 0.717) is 0 Å². The minimum absolute atomic E-state index is 0.742. The molecule has 0 bridgehead atoms. The molecule has 0 unspecified atom stereocenters. The maximum absolute atomic E-state index is 6.34. The molecule has 124 valence electrons. The highest BCUT2D eigenvalue weighted by Gasteiger charge is 2.18. The first-order valence-corrected chi connectivity index (χ1v) is 9.32. The molecule has 0 saturated heterocycles. The Hall–Kier alpha value is -1.85. The molecule has 0 radical (unpaired) electrons. The van der Waals surface area contributed by atoms with Crippen molar-refractivity contribution in [3.63, 3.8) is 0 Å². The van der Waals surface area contributed by atoms with E-state index < -0.39 is 0 Å². The molecule has 24 heavy (non-hydrogen) atoms. The van der Waals surface area contributed by atoms with Crippen molar-refractivity contribution < 1.29 is 0 Å². The average Bonchev–Trinajstić information content (AvgIpc) is 3.02. The number of pyridine rings is 1. The van der Waals surface area contributed by atoms with Crippen LogP contribution < -0.4 is 0 Å². The molecule has 1 aromatic carbocycles. The molecule has 4 nitrogen and oxygen atoms in total. The van der Waals surface area contributed by atoms with Gasteiger partial charge in [-0.1, -0.05) is 42.8 Å². The van der Waals surface area contributed by atoms with Gasteiger partial charge in [0.25, 0.3) is 0 Å². The van der Waals surface area contributed by atoms with Gasteiger partial charge in [0.05, 0.1) is 5.69 Å². The van der Waals surface area contributed by atoms with Gasteiger partial charge in [-0.2, -0.15) is 0 Å². The molecule has 0 atom stereocenters. The summed E-state index contributed by atoms with van der Waals surface area (Å²) in [4.78, 5) is 4.09. The fourth-order valence-electron chi connectivity index (χ4n) is 2.41. The lowest BCUT2D eigenvalue weighted by Crippen LogP contribution is -2.02. The molecule has 0 aliphatic heterocycles. The van der Waals surface area contributed by atoms with E-state index in [1.54, 1.807) is 24.2 Å². The molecule has 0 amide bonds. The molecule has 3 aromatic rings.